The molecule has 0 saturated heterocycles. The summed E-state index contributed by atoms with van der Waals surface area (Å²) in [5.41, 5.74) is 5.51. The maximum atomic E-state index is 11.8. The molecular formula is C16H14N6O. The predicted molar refractivity (Wildman–Crippen MR) is 85.4 cm³/mol. The zero-order valence-corrected chi connectivity index (χ0v) is 12.4. The van der Waals surface area contributed by atoms with Gasteiger partial charge in [0.15, 0.2) is 0 Å². The Bertz CT molecular complexity index is 841. The number of aromatic nitrogens is 4. The van der Waals surface area contributed by atoms with E-state index >= 15 is 0 Å². The first-order chi connectivity index (χ1) is 11.2. The fourth-order valence-electron chi connectivity index (χ4n) is 1.96. The van der Waals surface area contributed by atoms with Gasteiger partial charge >= 0.3 is 0 Å². The molecule has 0 aliphatic carbocycles. The lowest BCUT2D eigenvalue weighted by molar-refractivity contribution is 0.0955. The Balaban J connectivity index is 1.66. The minimum atomic E-state index is -0.310. The number of nitrogens with zero attached hydrogens (tertiary/aromatic N) is 5. The first-order valence-electron chi connectivity index (χ1n) is 6.95. The van der Waals surface area contributed by atoms with E-state index in [9.17, 15) is 4.79 Å². The topological polar surface area (TPSA) is 85.1 Å². The Kier molecular flexibility index (Phi) is 4.19. The molecular weight excluding hydrogens is 292 g/mol. The van der Waals surface area contributed by atoms with Crippen LogP contribution in [0.4, 0.5) is 0 Å². The summed E-state index contributed by atoms with van der Waals surface area (Å²) in [5, 5.41) is 11.9. The van der Waals surface area contributed by atoms with Crippen molar-refractivity contribution in [3.8, 4) is 5.69 Å². The van der Waals surface area contributed by atoms with Crippen molar-refractivity contribution >= 4 is 12.1 Å². The third kappa shape index (κ3) is 3.65. The number of benzene rings is 1. The zero-order chi connectivity index (χ0) is 16.1. The van der Waals surface area contributed by atoms with Crippen molar-refractivity contribution in [2.24, 2.45) is 5.10 Å². The molecule has 3 rings (SSSR count). The fourth-order valence-corrected chi connectivity index (χ4v) is 1.96. The third-order valence-electron chi connectivity index (χ3n) is 3.08. The minimum Gasteiger partial charge on any atom is -0.267 e. The number of amides is 1. The molecule has 0 radical (unpaired) electrons. The van der Waals surface area contributed by atoms with Crippen molar-refractivity contribution in [3.63, 3.8) is 0 Å². The molecule has 3 aromatic rings. The van der Waals surface area contributed by atoms with E-state index in [4.69, 9.17) is 0 Å². The molecule has 1 N–H and O–H groups in total. The molecule has 23 heavy (non-hydrogen) atoms. The van der Waals surface area contributed by atoms with E-state index in [1.165, 1.54) is 6.21 Å². The van der Waals surface area contributed by atoms with Crippen molar-refractivity contribution in [1.82, 2.24) is 25.4 Å². The normalized spacial score (nSPS) is 10.8. The van der Waals surface area contributed by atoms with E-state index in [1.807, 2.05) is 31.2 Å². The molecule has 0 bridgehead atoms. The van der Waals surface area contributed by atoms with Gasteiger partial charge in [-0.2, -0.15) is 5.10 Å². The molecule has 7 nitrogen and oxygen atoms in total. The summed E-state index contributed by atoms with van der Waals surface area (Å²) in [4.78, 5) is 15.7. The van der Waals surface area contributed by atoms with Crippen LogP contribution in [-0.4, -0.2) is 32.1 Å². The lowest BCUT2D eigenvalue weighted by Crippen LogP contribution is -2.17. The van der Waals surface area contributed by atoms with Gasteiger partial charge in [-0.25, -0.2) is 10.1 Å². The number of hydrogen-bond acceptors (Lipinski definition) is 5. The van der Waals surface area contributed by atoms with Gasteiger partial charge in [-0.05, 0) is 36.8 Å². The second-order valence-corrected chi connectivity index (χ2v) is 4.86. The number of pyridine rings is 1. The number of carbonyl (C=O) groups excluding carboxylic acids is 1. The molecule has 0 atom stereocenters. The van der Waals surface area contributed by atoms with E-state index in [-0.39, 0.29) is 5.91 Å². The van der Waals surface area contributed by atoms with Crippen LogP contribution in [0.5, 0.6) is 0 Å². The van der Waals surface area contributed by atoms with Crippen LogP contribution in [0.1, 0.15) is 21.6 Å². The maximum absolute atomic E-state index is 11.8. The van der Waals surface area contributed by atoms with Crippen LogP contribution in [-0.2, 0) is 0 Å². The first-order valence-corrected chi connectivity index (χ1v) is 6.95. The smallest absolute Gasteiger partial charge is 0.267 e. The van der Waals surface area contributed by atoms with Gasteiger partial charge in [0.1, 0.15) is 5.69 Å². The second-order valence-electron chi connectivity index (χ2n) is 4.86. The Morgan fingerprint density at radius 3 is 2.87 bits per heavy atom. The number of carbonyl (C=O) groups is 1. The van der Waals surface area contributed by atoms with Gasteiger partial charge in [-0.1, -0.05) is 17.3 Å². The molecule has 2 heterocycles. The van der Waals surface area contributed by atoms with Crippen LogP contribution < -0.4 is 5.43 Å². The highest BCUT2D eigenvalue weighted by Crippen LogP contribution is 2.08. The Morgan fingerprint density at radius 2 is 2.09 bits per heavy atom. The summed E-state index contributed by atoms with van der Waals surface area (Å²) in [6, 6.07) is 11.1. The van der Waals surface area contributed by atoms with Gasteiger partial charge in [0.05, 0.1) is 18.1 Å². The molecule has 0 saturated carbocycles. The van der Waals surface area contributed by atoms with E-state index < -0.39 is 0 Å². The van der Waals surface area contributed by atoms with E-state index in [0.29, 0.717) is 11.3 Å². The zero-order valence-electron chi connectivity index (χ0n) is 12.4. The minimum absolute atomic E-state index is 0.310. The summed E-state index contributed by atoms with van der Waals surface area (Å²) in [5.74, 6) is -0.310. The van der Waals surface area contributed by atoms with Gasteiger partial charge in [0.25, 0.3) is 5.91 Å². The first kappa shape index (κ1) is 14.6. The lowest BCUT2D eigenvalue weighted by Gasteiger charge is -1.99. The Labute approximate surface area is 132 Å². The lowest BCUT2D eigenvalue weighted by atomic mass is 10.2. The highest BCUT2D eigenvalue weighted by atomic mass is 16.2. The van der Waals surface area contributed by atoms with Crippen LogP contribution >= 0.6 is 0 Å². The summed E-state index contributed by atoms with van der Waals surface area (Å²) >= 11 is 0. The molecule has 0 fully saturated rings. The fraction of sp³-hybridized carbons (Fsp3) is 0.0625. The standard InChI is InChI=1S/C16H14N6O/c1-12-3-2-4-15(9-12)22-11-14(19-21-22)10-18-20-16(23)13-5-7-17-8-6-13/h2-11H,1H3,(H,20,23)/b18-10+. The SMILES string of the molecule is Cc1cccc(-n2cc(/C=N/NC(=O)c3ccncc3)nn2)c1. The van der Waals surface area contributed by atoms with Gasteiger partial charge in [0.2, 0.25) is 0 Å². The molecule has 0 unspecified atom stereocenters. The molecule has 7 heteroatoms. The summed E-state index contributed by atoms with van der Waals surface area (Å²) in [6.45, 7) is 2.01. The number of hydrazone groups is 1. The highest BCUT2D eigenvalue weighted by Gasteiger charge is 2.03. The van der Waals surface area contributed by atoms with E-state index in [2.05, 4.69) is 25.8 Å². The Hall–Kier alpha value is -3.35. The average molecular weight is 306 g/mol. The van der Waals surface area contributed by atoms with Crippen LogP contribution in [0.15, 0.2) is 60.1 Å². The number of rotatable bonds is 4. The maximum Gasteiger partial charge on any atom is 0.271 e. The van der Waals surface area contributed by atoms with Crippen molar-refractivity contribution in [3.05, 3.63) is 71.8 Å². The van der Waals surface area contributed by atoms with E-state index in [1.54, 1.807) is 35.4 Å². The van der Waals surface area contributed by atoms with Crippen molar-refractivity contribution in [2.75, 3.05) is 0 Å². The van der Waals surface area contributed by atoms with E-state index in [0.717, 1.165) is 11.3 Å². The summed E-state index contributed by atoms with van der Waals surface area (Å²) in [7, 11) is 0. The molecule has 0 aliphatic heterocycles. The molecule has 1 amide bonds. The van der Waals surface area contributed by atoms with Crippen molar-refractivity contribution < 1.29 is 4.79 Å². The summed E-state index contributed by atoms with van der Waals surface area (Å²) < 4.78 is 1.65. The van der Waals surface area contributed by atoms with Crippen LogP contribution in [0.2, 0.25) is 0 Å². The van der Waals surface area contributed by atoms with Crippen LogP contribution in [0.25, 0.3) is 5.69 Å². The molecule has 114 valence electrons. The molecule has 2 aromatic heterocycles. The number of aryl methyl sites for hydroxylation is 1. The van der Waals surface area contributed by atoms with Crippen molar-refractivity contribution in [1.29, 1.82) is 0 Å². The monoisotopic (exact) mass is 306 g/mol. The third-order valence-corrected chi connectivity index (χ3v) is 3.08. The number of nitrogens with one attached hydrogen (secondary N) is 1. The second kappa shape index (κ2) is 6.61. The van der Waals surface area contributed by atoms with Crippen molar-refractivity contribution in [2.45, 2.75) is 6.92 Å². The molecule has 1 aromatic carbocycles. The largest absolute Gasteiger partial charge is 0.271 e. The highest BCUT2D eigenvalue weighted by molar-refractivity contribution is 5.94. The quantitative estimate of drug-likeness (QED) is 0.587. The van der Waals surface area contributed by atoms with Gasteiger partial charge in [-0.3, -0.25) is 9.78 Å². The predicted octanol–water partition coefficient (Wildman–Crippen LogP) is 1.73. The van der Waals surface area contributed by atoms with Gasteiger partial charge in [-0.15, -0.1) is 5.10 Å². The molecule has 0 aliphatic rings. The average Bonchev–Trinajstić information content (AvgIpc) is 3.04. The summed E-state index contributed by atoms with van der Waals surface area (Å²) in [6.07, 6.45) is 6.27. The van der Waals surface area contributed by atoms with Gasteiger partial charge < -0.3 is 0 Å². The Morgan fingerprint density at radius 1 is 1.26 bits per heavy atom. The molecule has 0 spiro atoms. The van der Waals surface area contributed by atoms with Gasteiger partial charge in [0, 0.05) is 18.0 Å². The number of hydrogen-bond donors (Lipinski definition) is 1. The van der Waals surface area contributed by atoms with Crippen LogP contribution in [0, 0.1) is 6.92 Å². The van der Waals surface area contributed by atoms with Crippen LogP contribution in [0.3, 0.4) is 0 Å².